The number of benzene rings is 2. The van der Waals surface area contributed by atoms with Gasteiger partial charge in [-0.05, 0) is 37.3 Å². The number of hydrogen-bond acceptors (Lipinski definition) is 5. The number of nitrogens with zero attached hydrogens (tertiary/aromatic N) is 3. The number of rotatable bonds is 9. The lowest BCUT2D eigenvalue weighted by Gasteiger charge is -2.16. The van der Waals surface area contributed by atoms with Gasteiger partial charge in [0.2, 0.25) is 5.91 Å². The molecule has 0 aliphatic heterocycles. The largest absolute Gasteiger partial charge is 0.481 e. The topological polar surface area (TPSA) is 69.0 Å². The van der Waals surface area contributed by atoms with Gasteiger partial charge in [0.1, 0.15) is 5.75 Å². The van der Waals surface area contributed by atoms with Crippen LogP contribution in [0.4, 0.5) is 5.69 Å². The van der Waals surface area contributed by atoms with Crippen molar-refractivity contribution in [1.29, 1.82) is 0 Å². The summed E-state index contributed by atoms with van der Waals surface area (Å²) in [7, 11) is 0. The third-order valence-electron chi connectivity index (χ3n) is 4.10. The average Bonchev–Trinajstić information content (AvgIpc) is 3.13. The van der Waals surface area contributed by atoms with Crippen LogP contribution in [0.3, 0.4) is 0 Å². The average molecular weight is 542 g/mol. The molecule has 31 heavy (non-hydrogen) atoms. The molecule has 0 radical (unpaired) electrons. The number of hydrogen-bond donors (Lipinski definition) is 1. The highest BCUT2D eigenvalue weighted by Crippen LogP contribution is 2.30. The molecule has 3 rings (SSSR count). The van der Waals surface area contributed by atoms with Crippen molar-refractivity contribution in [2.45, 2.75) is 24.7 Å². The van der Waals surface area contributed by atoms with E-state index in [-0.39, 0.29) is 11.7 Å². The summed E-state index contributed by atoms with van der Waals surface area (Å²) in [6, 6.07) is 12.5. The molecule has 0 saturated carbocycles. The van der Waals surface area contributed by atoms with Crippen LogP contribution in [-0.2, 0) is 11.3 Å². The Hall–Kier alpha value is -2.00. The number of halogens is 3. The smallest absolute Gasteiger partial charge is 0.234 e. The van der Waals surface area contributed by atoms with Gasteiger partial charge in [-0.3, -0.25) is 9.36 Å². The van der Waals surface area contributed by atoms with Gasteiger partial charge >= 0.3 is 0 Å². The van der Waals surface area contributed by atoms with E-state index >= 15 is 0 Å². The molecule has 0 aliphatic rings. The second kappa shape index (κ2) is 11.0. The van der Waals surface area contributed by atoms with Crippen molar-refractivity contribution in [3.8, 4) is 5.75 Å². The van der Waals surface area contributed by atoms with Gasteiger partial charge in [0, 0.05) is 11.0 Å². The molecular weight excluding hydrogens is 523 g/mol. The van der Waals surface area contributed by atoms with Gasteiger partial charge < -0.3 is 10.1 Å². The quantitative estimate of drug-likeness (QED) is 0.250. The normalized spacial score (nSPS) is 11.7. The van der Waals surface area contributed by atoms with Crippen LogP contribution in [0.2, 0.25) is 10.0 Å². The number of thioether (sulfide) groups is 1. The molecule has 1 N–H and O–H groups in total. The van der Waals surface area contributed by atoms with E-state index in [4.69, 9.17) is 27.9 Å². The molecule has 10 heteroatoms. The third kappa shape index (κ3) is 6.26. The molecule has 0 aliphatic carbocycles. The molecule has 0 bridgehead atoms. The van der Waals surface area contributed by atoms with Crippen LogP contribution in [0.1, 0.15) is 18.9 Å². The van der Waals surface area contributed by atoms with E-state index in [0.29, 0.717) is 39.0 Å². The van der Waals surface area contributed by atoms with E-state index in [1.165, 1.54) is 11.8 Å². The SMILES string of the molecule is C=CCn1c(SCC(=O)Nc2ccc(Br)cc2Cl)nnc1C(C)Oc1ccccc1Cl. The van der Waals surface area contributed by atoms with Gasteiger partial charge in [-0.15, -0.1) is 16.8 Å². The fraction of sp³-hybridized carbons (Fsp3) is 0.190. The minimum Gasteiger partial charge on any atom is -0.481 e. The molecule has 3 aromatic rings. The highest BCUT2D eigenvalue weighted by Gasteiger charge is 2.20. The summed E-state index contributed by atoms with van der Waals surface area (Å²) in [5.41, 5.74) is 0.547. The molecule has 1 aromatic heterocycles. The summed E-state index contributed by atoms with van der Waals surface area (Å²) >= 11 is 17.0. The van der Waals surface area contributed by atoms with E-state index in [2.05, 4.69) is 38.0 Å². The van der Waals surface area contributed by atoms with Crippen LogP contribution in [0.25, 0.3) is 0 Å². The zero-order valence-corrected chi connectivity index (χ0v) is 20.4. The summed E-state index contributed by atoms with van der Waals surface area (Å²) < 4.78 is 8.66. The maximum Gasteiger partial charge on any atom is 0.234 e. The van der Waals surface area contributed by atoms with Crippen molar-refractivity contribution in [2.75, 3.05) is 11.1 Å². The lowest BCUT2D eigenvalue weighted by atomic mass is 10.3. The predicted octanol–water partition coefficient (Wildman–Crippen LogP) is 6.40. The molecule has 0 spiro atoms. The first kappa shape index (κ1) is 23.7. The minimum atomic E-state index is -0.405. The third-order valence-corrected chi connectivity index (χ3v) is 6.18. The Kier molecular flexibility index (Phi) is 8.43. The fourth-order valence-electron chi connectivity index (χ4n) is 2.70. The number of anilines is 1. The number of carbonyl (C=O) groups excluding carboxylic acids is 1. The van der Waals surface area contributed by atoms with Crippen molar-refractivity contribution in [1.82, 2.24) is 14.8 Å². The first-order chi connectivity index (χ1) is 14.9. The number of ether oxygens (including phenoxy) is 1. The standard InChI is InChI=1S/C21H19BrCl2N4O2S/c1-3-10-28-20(13(2)30-18-7-5-4-6-15(18)23)26-27-21(28)31-12-19(29)25-17-9-8-14(22)11-16(17)24/h3-9,11,13H,1,10,12H2,2H3,(H,25,29). The Morgan fingerprint density at radius 3 is 2.77 bits per heavy atom. The lowest BCUT2D eigenvalue weighted by Crippen LogP contribution is -2.16. The Morgan fingerprint density at radius 1 is 1.29 bits per heavy atom. The van der Waals surface area contributed by atoms with Gasteiger partial charge in [-0.25, -0.2) is 0 Å². The predicted molar refractivity (Wildman–Crippen MR) is 129 cm³/mol. The van der Waals surface area contributed by atoms with Crippen molar-refractivity contribution in [3.63, 3.8) is 0 Å². The molecule has 1 amide bonds. The molecule has 1 unspecified atom stereocenters. The first-order valence-electron chi connectivity index (χ1n) is 9.22. The summed E-state index contributed by atoms with van der Waals surface area (Å²) in [5, 5.41) is 12.8. The van der Waals surface area contributed by atoms with Gasteiger partial charge in [0.25, 0.3) is 0 Å². The Bertz CT molecular complexity index is 1090. The van der Waals surface area contributed by atoms with Gasteiger partial charge in [-0.1, -0.05) is 69.1 Å². The maximum atomic E-state index is 12.4. The van der Waals surface area contributed by atoms with E-state index in [0.717, 1.165) is 4.47 Å². The molecule has 1 atom stereocenters. The second-order valence-electron chi connectivity index (χ2n) is 6.39. The summed E-state index contributed by atoms with van der Waals surface area (Å²) in [4.78, 5) is 12.4. The molecule has 162 valence electrons. The molecule has 6 nitrogen and oxygen atoms in total. The second-order valence-corrected chi connectivity index (χ2v) is 9.06. The summed E-state index contributed by atoms with van der Waals surface area (Å²) in [6.07, 6.45) is 1.33. The van der Waals surface area contributed by atoms with Gasteiger partial charge in [0.05, 0.1) is 21.5 Å². The molecule has 2 aromatic carbocycles. The van der Waals surface area contributed by atoms with Gasteiger partial charge in [0.15, 0.2) is 17.1 Å². The molecule has 1 heterocycles. The summed E-state index contributed by atoms with van der Waals surface area (Å²) in [5.74, 6) is 1.11. The Balaban J connectivity index is 1.69. The van der Waals surface area contributed by atoms with E-state index < -0.39 is 6.10 Å². The number of allylic oxidation sites excluding steroid dienone is 1. The van der Waals surface area contributed by atoms with Crippen LogP contribution in [0, 0.1) is 0 Å². The van der Waals surface area contributed by atoms with Crippen molar-refractivity contribution < 1.29 is 9.53 Å². The van der Waals surface area contributed by atoms with E-state index in [1.807, 2.05) is 29.7 Å². The van der Waals surface area contributed by atoms with Crippen LogP contribution >= 0.6 is 50.9 Å². The van der Waals surface area contributed by atoms with Crippen molar-refractivity contribution in [3.05, 3.63) is 75.5 Å². The zero-order valence-electron chi connectivity index (χ0n) is 16.5. The van der Waals surface area contributed by atoms with Crippen molar-refractivity contribution >= 4 is 62.5 Å². The van der Waals surface area contributed by atoms with Crippen LogP contribution in [0.15, 0.2) is 64.7 Å². The monoisotopic (exact) mass is 540 g/mol. The number of nitrogens with one attached hydrogen (secondary N) is 1. The van der Waals surface area contributed by atoms with Crippen LogP contribution in [0.5, 0.6) is 5.75 Å². The van der Waals surface area contributed by atoms with E-state index in [9.17, 15) is 4.79 Å². The number of para-hydroxylation sites is 1. The molecular formula is C21H19BrCl2N4O2S. The minimum absolute atomic E-state index is 0.140. The molecule has 0 fully saturated rings. The number of aromatic nitrogens is 3. The van der Waals surface area contributed by atoms with Crippen LogP contribution in [-0.4, -0.2) is 26.4 Å². The molecule has 0 saturated heterocycles. The number of carbonyl (C=O) groups is 1. The van der Waals surface area contributed by atoms with E-state index in [1.54, 1.807) is 30.3 Å². The first-order valence-corrected chi connectivity index (χ1v) is 11.8. The highest BCUT2D eigenvalue weighted by molar-refractivity contribution is 9.10. The Labute approximate surface area is 203 Å². The Morgan fingerprint density at radius 2 is 2.06 bits per heavy atom. The number of amides is 1. The maximum absolute atomic E-state index is 12.4. The fourth-order valence-corrected chi connectivity index (χ4v) is 4.35. The van der Waals surface area contributed by atoms with Crippen molar-refractivity contribution in [2.24, 2.45) is 0 Å². The highest BCUT2D eigenvalue weighted by atomic mass is 79.9. The van der Waals surface area contributed by atoms with Gasteiger partial charge in [-0.2, -0.15) is 0 Å². The summed E-state index contributed by atoms with van der Waals surface area (Å²) in [6.45, 7) is 6.14. The zero-order chi connectivity index (χ0) is 22.4. The lowest BCUT2D eigenvalue weighted by molar-refractivity contribution is -0.113. The van der Waals surface area contributed by atoms with Crippen LogP contribution < -0.4 is 10.1 Å².